The SMILES string of the molecule is CC(C)CCC[C@@H](C)[C@H]1CC[C@H]2[C@@H]3CC=C4C[C@@H](OC(=O)N(CCCC(C)(C)NC(=O)OC(C)(C)C)CCC(C)(C)NC(=O)OC(C)(C)C)CC[C@]4(C)[C@H]3CC[C@]12C. The lowest BCUT2D eigenvalue weighted by molar-refractivity contribution is -0.0594. The number of fused-ring (bicyclic) bond motifs is 5. The number of allylic oxidation sites excluding steroid dienone is 1. The van der Waals surface area contributed by atoms with Crippen molar-refractivity contribution in [3.05, 3.63) is 11.6 Å². The Kier molecular flexibility index (Phi) is 15.5. The van der Waals surface area contributed by atoms with Gasteiger partial charge in [0.25, 0.3) is 0 Å². The normalized spacial score (nSPS) is 29.3. The van der Waals surface area contributed by atoms with E-state index in [9.17, 15) is 14.4 Å². The molecule has 3 saturated carbocycles. The molecule has 9 heteroatoms. The minimum atomic E-state index is -0.615. The van der Waals surface area contributed by atoms with E-state index in [1.54, 1.807) is 4.90 Å². The molecule has 0 aromatic heterocycles. The zero-order chi connectivity index (χ0) is 43.5. The number of ether oxygens (including phenoxy) is 3. The quantitative estimate of drug-likeness (QED) is 0.126. The third kappa shape index (κ3) is 13.0. The van der Waals surface area contributed by atoms with Gasteiger partial charge in [-0.3, -0.25) is 0 Å². The molecule has 0 saturated heterocycles. The van der Waals surface area contributed by atoms with Crippen LogP contribution in [0.4, 0.5) is 14.4 Å². The molecular formula is C49H87N3O6. The van der Waals surface area contributed by atoms with Gasteiger partial charge in [-0.05, 0) is 180 Å². The number of carbonyl (C=O) groups is 3. The van der Waals surface area contributed by atoms with Crippen LogP contribution in [0.5, 0.6) is 0 Å². The summed E-state index contributed by atoms with van der Waals surface area (Å²) in [6.07, 6.45) is 16.5. The Labute approximate surface area is 354 Å². The number of alkyl carbamates (subject to hydrolysis) is 2. The van der Waals surface area contributed by atoms with E-state index in [2.05, 4.69) is 51.3 Å². The second kappa shape index (κ2) is 18.7. The molecular weight excluding hydrogens is 727 g/mol. The predicted molar refractivity (Wildman–Crippen MR) is 236 cm³/mol. The van der Waals surface area contributed by atoms with Crippen molar-refractivity contribution in [1.29, 1.82) is 0 Å². The molecule has 0 aliphatic heterocycles. The van der Waals surface area contributed by atoms with Gasteiger partial charge in [0.1, 0.15) is 17.3 Å². The zero-order valence-electron chi connectivity index (χ0n) is 39.8. The largest absolute Gasteiger partial charge is 0.446 e. The minimum absolute atomic E-state index is 0.152. The molecule has 0 bridgehead atoms. The molecule has 8 atom stereocenters. The maximum absolute atomic E-state index is 14.1. The maximum Gasteiger partial charge on any atom is 0.410 e. The van der Waals surface area contributed by atoms with Gasteiger partial charge in [0, 0.05) is 30.6 Å². The molecule has 0 unspecified atom stereocenters. The van der Waals surface area contributed by atoms with Crippen LogP contribution in [0, 0.1) is 46.3 Å². The molecule has 4 aliphatic rings. The summed E-state index contributed by atoms with van der Waals surface area (Å²) in [5, 5.41) is 5.99. The summed E-state index contributed by atoms with van der Waals surface area (Å²) in [5.74, 6) is 4.76. The lowest BCUT2D eigenvalue weighted by Crippen LogP contribution is -2.51. The third-order valence-electron chi connectivity index (χ3n) is 14.7. The average Bonchev–Trinajstić information content (AvgIpc) is 3.41. The van der Waals surface area contributed by atoms with Crippen molar-refractivity contribution in [1.82, 2.24) is 15.5 Å². The van der Waals surface area contributed by atoms with Crippen molar-refractivity contribution >= 4 is 18.3 Å². The van der Waals surface area contributed by atoms with Gasteiger partial charge in [-0.2, -0.15) is 0 Å². The van der Waals surface area contributed by atoms with Crippen LogP contribution in [-0.4, -0.2) is 64.7 Å². The number of hydrogen-bond acceptors (Lipinski definition) is 6. The molecule has 58 heavy (non-hydrogen) atoms. The van der Waals surface area contributed by atoms with Gasteiger partial charge >= 0.3 is 18.3 Å². The Morgan fingerprint density at radius 1 is 0.759 bits per heavy atom. The first kappa shape index (κ1) is 48.2. The highest BCUT2D eigenvalue weighted by Crippen LogP contribution is 2.67. The molecule has 4 aliphatic carbocycles. The van der Waals surface area contributed by atoms with Crippen LogP contribution in [0.25, 0.3) is 0 Å². The van der Waals surface area contributed by atoms with Gasteiger partial charge in [-0.15, -0.1) is 0 Å². The summed E-state index contributed by atoms with van der Waals surface area (Å²) in [6.45, 7) is 32.3. The lowest BCUT2D eigenvalue weighted by Gasteiger charge is -2.58. The number of rotatable bonds is 15. The monoisotopic (exact) mass is 814 g/mol. The molecule has 9 nitrogen and oxygen atoms in total. The summed E-state index contributed by atoms with van der Waals surface area (Å²) in [5.41, 5.74) is -0.181. The summed E-state index contributed by atoms with van der Waals surface area (Å²) in [7, 11) is 0. The van der Waals surface area contributed by atoms with Gasteiger partial charge in [0.05, 0.1) is 0 Å². The number of hydrogen-bond donors (Lipinski definition) is 2. The van der Waals surface area contributed by atoms with Crippen LogP contribution in [-0.2, 0) is 14.2 Å². The van der Waals surface area contributed by atoms with E-state index in [1.807, 2.05) is 69.2 Å². The van der Waals surface area contributed by atoms with E-state index in [0.717, 1.165) is 48.9 Å². The van der Waals surface area contributed by atoms with Crippen molar-refractivity contribution in [2.45, 2.75) is 222 Å². The second-order valence-corrected chi connectivity index (χ2v) is 23.4. The first-order chi connectivity index (χ1) is 26.6. The van der Waals surface area contributed by atoms with Crippen LogP contribution < -0.4 is 10.6 Å². The highest BCUT2D eigenvalue weighted by atomic mass is 16.6. The summed E-state index contributed by atoms with van der Waals surface area (Å²) >= 11 is 0. The van der Waals surface area contributed by atoms with E-state index in [0.29, 0.717) is 43.7 Å². The van der Waals surface area contributed by atoms with Crippen LogP contribution >= 0.6 is 0 Å². The molecule has 0 aromatic carbocycles. The zero-order valence-corrected chi connectivity index (χ0v) is 39.8. The fourth-order valence-electron chi connectivity index (χ4n) is 11.7. The number of nitrogens with one attached hydrogen (secondary N) is 2. The molecule has 0 heterocycles. The maximum atomic E-state index is 14.1. The lowest BCUT2D eigenvalue weighted by atomic mass is 9.47. The van der Waals surface area contributed by atoms with Gasteiger partial charge in [0.2, 0.25) is 0 Å². The van der Waals surface area contributed by atoms with Crippen molar-refractivity contribution < 1.29 is 28.6 Å². The summed E-state index contributed by atoms with van der Waals surface area (Å²) in [6, 6.07) is 0. The molecule has 334 valence electrons. The first-order valence-electron chi connectivity index (χ1n) is 23.3. The van der Waals surface area contributed by atoms with Crippen molar-refractivity contribution in [2.75, 3.05) is 13.1 Å². The highest BCUT2D eigenvalue weighted by molar-refractivity contribution is 5.69. The van der Waals surface area contributed by atoms with Crippen molar-refractivity contribution in [2.24, 2.45) is 46.3 Å². The van der Waals surface area contributed by atoms with Crippen molar-refractivity contribution in [3.8, 4) is 0 Å². The average molecular weight is 814 g/mol. The predicted octanol–water partition coefficient (Wildman–Crippen LogP) is 12.6. The van der Waals surface area contributed by atoms with E-state index in [-0.39, 0.29) is 17.6 Å². The fourth-order valence-corrected chi connectivity index (χ4v) is 11.7. The van der Waals surface area contributed by atoms with E-state index in [1.165, 1.54) is 56.9 Å². The molecule has 3 fully saturated rings. The fraction of sp³-hybridized carbons (Fsp3) is 0.898. The smallest absolute Gasteiger partial charge is 0.410 e. The van der Waals surface area contributed by atoms with E-state index in [4.69, 9.17) is 14.2 Å². The van der Waals surface area contributed by atoms with E-state index < -0.39 is 34.5 Å². The Morgan fingerprint density at radius 3 is 1.95 bits per heavy atom. The summed E-state index contributed by atoms with van der Waals surface area (Å²) < 4.78 is 17.4. The van der Waals surface area contributed by atoms with Gasteiger partial charge in [-0.25, -0.2) is 14.4 Å². The Morgan fingerprint density at radius 2 is 1.36 bits per heavy atom. The molecule has 2 N–H and O–H groups in total. The molecule has 4 rings (SSSR count). The van der Waals surface area contributed by atoms with Gasteiger partial charge in [-0.1, -0.05) is 65.5 Å². The molecule has 0 aromatic rings. The van der Waals surface area contributed by atoms with Crippen molar-refractivity contribution in [3.63, 3.8) is 0 Å². The van der Waals surface area contributed by atoms with Crippen LogP contribution in [0.2, 0.25) is 0 Å². The summed E-state index contributed by atoms with van der Waals surface area (Å²) in [4.78, 5) is 41.2. The van der Waals surface area contributed by atoms with Crippen LogP contribution in [0.1, 0.15) is 194 Å². The molecule has 3 amide bonds. The number of amides is 3. The standard InChI is InChI=1S/C49H87N3O6/c1-33(2)18-16-19-34(3)38-22-23-39-37-21-20-35-32-36(24-27-48(35,14)40(37)25-28-49(38,39)15)56-43(55)52(31-29-47(12,13)51-42(54)58-45(7,8)9)30-17-26-46(10,11)50-41(53)57-44(4,5)6/h20,33-34,36-40H,16-19,21-32H2,1-15H3,(H,50,53)(H,51,54)/t34-,36+,37+,38-,39+,40+,48+,49-/m1/s1. The number of nitrogens with zero attached hydrogens (tertiary/aromatic N) is 1. The highest BCUT2D eigenvalue weighted by Gasteiger charge is 2.59. The van der Waals surface area contributed by atoms with Crippen LogP contribution in [0.15, 0.2) is 11.6 Å². The Balaban J connectivity index is 1.41. The Hall–Kier alpha value is -2.45. The third-order valence-corrected chi connectivity index (χ3v) is 14.7. The molecule has 0 spiro atoms. The van der Waals surface area contributed by atoms with Crippen LogP contribution in [0.3, 0.4) is 0 Å². The second-order valence-electron chi connectivity index (χ2n) is 23.4. The minimum Gasteiger partial charge on any atom is -0.446 e. The Bertz CT molecular complexity index is 1440. The molecule has 0 radical (unpaired) electrons. The first-order valence-corrected chi connectivity index (χ1v) is 23.3. The topological polar surface area (TPSA) is 106 Å². The van der Waals surface area contributed by atoms with Gasteiger partial charge < -0.3 is 29.7 Å². The van der Waals surface area contributed by atoms with E-state index >= 15 is 0 Å². The number of carbonyl (C=O) groups excluding carboxylic acids is 3. The van der Waals surface area contributed by atoms with Gasteiger partial charge in [0.15, 0.2) is 0 Å².